The Morgan fingerprint density at radius 3 is 2.75 bits per heavy atom. The largest absolute Gasteiger partial charge is 0.485 e. The van der Waals surface area contributed by atoms with Crippen molar-refractivity contribution in [3.8, 4) is 5.75 Å². The Balaban J connectivity index is 1.64. The van der Waals surface area contributed by atoms with Crippen LogP contribution in [0.2, 0.25) is 0 Å². The molecule has 3 heterocycles. The predicted octanol–water partition coefficient (Wildman–Crippen LogP) is 2.19. The molecular formula is C20H21F4N5O3. The lowest BCUT2D eigenvalue weighted by atomic mass is 10.2. The molecule has 3 aromatic rings. The Hall–Kier alpha value is -3.28. The van der Waals surface area contributed by atoms with Crippen molar-refractivity contribution in [3.05, 3.63) is 48.2 Å². The van der Waals surface area contributed by atoms with Crippen molar-refractivity contribution < 1.29 is 32.2 Å². The SMILES string of the molecule is O=C(Cc1nccc2nn(Cc3ccc(OCC(F)(F)C(F)F)cn3)cc12)NCCCO. The van der Waals surface area contributed by atoms with Gasteiger partial charge in [0.1, 0.15) is 5.75 Å². The summed E-state index contributed by atoms with van der Waals surface area (Å²) in [6.07, 6.45) is 1.15. The molecule has 0 aliphatic heterocycles. The lowest BCUT2D eigenvalue weighted by Gasteiger charge is -2.15. The van der Waals surface area contributed by atoms with Gasteiger partial charge in [-0.15, -0.1) is 0 Å². The summed E-state index contributed by atoms with van der Waals surface area (Å²) >= 11 is 0. The lowest BCUT2D eigenvalue weighted by Crippen LogP contribution is -2.33. The molecule has 0 saturated heterocycles. The molecular weight excluding hydrogens is 434 g/mol. The van der Waals surface area contributed by atoms with E-state index >= 15 is 0 Å². The van der Waals surface area contributed by atoms with E-state index in [0.29, 0.717) is 35.3 Å². The molecule has 0 aliphatic carbocycles. The zero-order valence-corrected chi connectivity index (χ0v) is 16.8. The van der Waals surface area contributed by atoms with Crippen LogP contribution in [0.5, 0.6) is 5.75 Å². The van der Waals surface area contributed by atoms with Crippen LogP contribution in [0.3, 0.4) is 0 Å². The average molecular weight is 455 g/mol. The van der Waals surface area contributed by atoms with E-state index in [0.717, 1.165) is 0 Å². The monoisotopic (exact) mass is 455 g/mol. The molecule has 0 unspecified atom stereocenters. The van der Waals surface area contributed by atoms with E-state index in [1.54, 1.807) is 23.1 Å². The molecule has 0 aromatic carbocycles. The number of aromatic nitrogens is 4. The van der Waals surface area contributed by atoms with Crippen LogP contribution < -0.4 is 10.1 Å². The number of ether oxygens (including phenoxy) is 1. The maximum absolute atomic E-state index is 12.9. The zero-order valence-electron chi connectivity index (χ0n) is 16.8. The fraction of sp³-hybridized carbons (Fsp3) is 0.400. The summed E-state index contributed by atoms with van der Waals surface area (Å²) in [5, 5.41) is 16.6. The fourth-order valence-electron chi connectivity index (χ4n) is 2.79. The van der Waals surface area contributed by atoms with E-state index in [2.05, 4.69) is 20.4 Å². The number of carbonyl (C=O) groups excluding carboxylic acids is 1. The van der Waals surface area contributed by atoms with Gasteiger partial charge < -0.3 is 15.2 Å². The third kappa shape index (κ3) is 6.13. The van der Waals surface area contributed by atoms with Crippen LogP contribution in [0, 0.1) is 0 Å². The number of rotatable bonds is 11. The summed E-state index contributed by atoms with van der Waals surface area (Å²) in [5.74, 6) is -4.52. The van der Waals surface area contributed by atoms with Gasteiger partial charge in [0.05, 0.1) is 36.1 Å². The summed E-state index contributed by atoms with van der Waals surface area (Å²) in [5.41, 5.74) is 1.71. The zero-order chi connectivity index (χ0) is 23.1. The van der Waals surface area contributed by atoms with Gasteiger partial charge >= 0.3 is 12.3 Å². The van der Waals surface area contributed by atoms with Crippen molar-refractivity contribution in [1.29, 1.82) is 0 Å². The van der Waals surface area contributed by atoms with Gasteiger partial charge in [-0.2, -0.15) is 13.9 Å². The molecule has 3 aromatic heterocycles. The van der Waals surface area contributed by atoms with Crippen molar-refractivity contribution in [2.45, 2.75) is 31.7 Å². The molecule has 8 nitrogen and oxygen atoms in total. The number of hydrogen-bond donors (Lipinski definition) is 2. The highest BCUT2D eigenvalue weighted by molar-refractivity contribution is 5.86. The van der Waals surface area contributed by atoms with Crippen LogP contribution in [-0.4, -0.2) is 62.9 Å². The highest BCUT2D eigenvalue weighted by atomic mass is 19.3. The number of nitrogens with one attached hydrogen (secondary N) is 1. The number of amides is 1. The number of hydrogen-bond acceptors (Lipinski definition) is 6. The van der Waals surface area contributed by atoms with Gasteiger partial charge in [0.25, 0.3) is 0 Å². The van der Waals surface area contributed by atoms with E-state index in [1.807, 2.05) is 0 Å². The Labute approximate surface area is 180 Å². The van der Waals surface area contributed by atoms with E-state index in [-0.39, 0.29) is 31.2 Å². The Bertz CT molecular complexity index is 1040. The first-order chi connectivity index (χ1) is 15.3. The van der Waals surface area contributed by atoms with E-state index in [9.17, 15) is 22.4 Å². The summed E-state index contributed by atoms with van der Waals surface area (Å²) in [7, 11) is 0. The number of alkyl halides is 4. The number of nitrogens with zero attached hydrogens (tertiary/aromatic N) is 4. The van der Waals surface area contributed by atoms with Crippen LogP contribution in [0.25, 0.3) is 10.9 Å². The molecule has 2 N–H and O–H groups in total. The number of carbonyl (C=O) groups is 1. The molecule has 0 spiro atoms. The molecule has 0 fully saturated rings. The number of aliphatic hydroxyl groups is 1. The van der Waals surface area contributed by atoms with Crippen molar-refractivity contribution in [3.63, 3.8) is 0 Å². The van der Waals surface area contributed by atoms with Gasteiger partial charge in [0.2, 0.25) is 5.91 Å². The Kier molecular flexibility index (Phi) is 7.57. The molecule has 1 amide bonds. The number of halogens is 4. The molecule has 0 radical (unpaired) electrons. The van der Waals surface area contributed by atoms with Crippen LogP contribution in [0.1, 0.15) is 17.8 Å². The fourth-order valence-corrected chi connectivity index (χ4v) is 2.79. The average Bonchev–Trinajstić information content (AvgIpc) is 3.17. The van der Waals surface area contributed by atoms with E-state index in [1.165, 1.54) is 18.3 Å². The van der Waals surface area contributed by atoms with Gasteiger partial charge in [0, 0.05) is 30.9 Å². The van der Waals surface area contributed by atoms with Gasteiger partial charge in [-0.25, -0.2) is 8.78 Å². The van der Waals surface area contributed by atoms with Crippen molar-refractivity contribution >= 4 is 16.8 Å². The van der Waals surface area contributed by atoms with Gasteiger partial charge in [-0.3, -0.25) is 19.4 Å². The van der Waals surface area contributed by atoms with Crippen molar-refractivity contribution in [1.82, 2.24) is 25.1 Å². The minimum Gasteiger partial charge on any atom is -0.485 e. The standard InChI is InChI=1S/C20H21F4N5O3/c21-19(22)20(23,24)12-32-14-3-2-13(27-9-14)10-29-11-15-16(28-29)4-6-25-17(15)8-18(31)26-5-1-7-30/h2-4,6,9,11,19,30H,1,5,7-8,10,12H2,(H,26,31). The number of fused-ring (bicyclic) bond motifs is 1. The topological polar surface area (TPSA) is 102 Å². The van der Waals surface area contributed by atoms with Gasteiger partial charge in [-0.05, 0) is 24.6 Å². The maximum atomic E-state index is 12.9. The molecule has 0 bridgehead atoms. The second kappa shape index (κ2) is 10.4. The molecule has 0 aliphatic rings. The first-order valence-corrected chi connectivity index (χ1v) is 9.71. The number of pyridine rings is 2. The smallest absolute Gasteiger partial charge is 0.340 e. The normalized spacial score (nSPS) is 11.8. The Morgan fingerprint density at radius 1 is 1.25 bits per heavy atom. The Morgan fingerprint density at radius 2 is 2.06 bits per heavy atom. The minimum atomic E-state index is -4.24. The second-order valence-corrected chi connectivity index (χ2v) is 6.96. The molecule has 0 saturated carbocycles. The van der Waals surface area contributed by atoms with E-state index in [4.69, 9.17) is 9.84 Å². The first kappa shape index (κ1) is 23.4. The van der Waals surface area contributed by atoms with Crippen LogP contribution in [0.4, 0.5) is 17.6 Å². The van der Waals surface area contributed by atoms with E-state index < -0.39 is 19.0 Å². The lowest BCUT2D eigenvalue weighted by molar-refractivity contribution is -0.148. The maximum Gasteiger partial charge on any atom is 0.340 e. The predicted molar refractivity (Wildman–Crippen MR) is 106 cm³/mol. The van der Waals surface area contributed by atoms with Crippen LogP contribution >= 0.6 is 0 Å². The third-order valence-electron chi connectivity index (χ3n) is 4.42. The number of aliphatic hydroxyl groups excluding tert-OH is 1. The van der Waals surface area contributed by atoms with Crippen molar-refractivity contribution in [2.75, 3.05) is 19.8 Å². The van der Waals surface area contributed by atoms with Crippen LogP contribution in [0.15, 0.2) is 36.8 Å². The highest BCUT2D eigenvalue weighted by Crippen LogP contribution is 2.24. The second-order valence-electron chi connectivity index (χ2n) is 6.96. The summed E-state index contributed by atoms with van der Waals surface area (Å²) < 4.78 is 56.5. The molecule has 3 rings (SSSR count). The van der Waals surface area contributed by atoms with Gasteiger partial charge in [-0.1, -0.05) is 0 Å². The third-order valence-corrected chi connectivity index (χ3v) is 4.42. The summed E-state index contributed by atoms with van der Waals surface area (Å²) in [6, 6.07) is 4.57. The molecule has 172 valence electrons. The van der Waals surface area contributed by atoms with Gasteiger partial charge in [0.15, 0.2) is 6.61 Å². The molecule has 0 atom stereocenters. The molecule has 12 heteroatoms. The minimum absolute atomic E-state index is 0.00972. The molecule has 32 heavy (non-hydrogen) atoms. The van der Waals surface area contributed by atoms with Crippen LogP contribution in [-0.2, 0) is 17.8 Å². The quantitative estimate of drug-likeness (QED) is 0.340. The van der Waals surface area contributed by atoms with Crippen molar-refractivity contribution in [2.24, 2.45) is 0 Å². The highest BCUT2D eigenvalue weighted by Gasteiger charge is 2.41. The first-order valence-electron chi connectivity index (χ1n) is 9.71. The summed E-state index contributed by atoms with van der Waals surface area (Å²) in [4.78, 5) is 20.4. The summed E-state index contributed by atoms with van der Waals surface area (Å²) in [6.45, 7) is -0.843.